The van der Waals surface area contributed by atoms with Crippen LogP contribution in [0, 0.1) is 0 Å². The van der Waals surface area contributed by atoms with Crippen molar-refractivity contribution in [3.63, 3.8) is 0 Å². The standard InChI is InChI=1S/C13H20ClN3O3S/c1-2-20-12(19)9(15)7-10-11(14)16-13(21-10)17-5-3-8(18)4-6-17/h8-9,18H,2-7,15H2,1H3. The molecule has 1 aliphatic heterocycles. The van der Waals surface area contributed by atoms with Crippen LogP contribution in [-0.2, 0) is 16.0 Å². The average molecular weight is 334 g/mol. The molecule has 0 spiro atoms. The number of nitrogens with zero attached hydrogens (tertiary/aromatic N) is 2. The van der Waals surface area contributed by atoms with Crippen LogP contribution in [-0.4, -0.2) is 47.9 Å². The number of hydrogen-bond acceptors (Lipinski definition) is 7. The van der Waals surface area contributed by atoms with E-state index in [2.05, 4.69) is 9.88 Å². The van der Waals surface area contributed by atoms with Gasteiger partial charge in [0.1, 0.15) is 11.2 Å². The molecular weight excluding hydrogens is 314 g/mol. The molecule has 0 aromatic carbocycles. The predicted octanol–water partition coefficient (Wildman–Crippen LogP) is 1.19. The molecule has 3 N–H and O–H groups in total. The van der Waals surface area contributed by atoms with Crippen molar-refractivity contribution in [1.29, 1.82) is 0 Å². The van der Waals surface area contributed by atoms with Crippen LogP contribution < -0.4 is 10.6 Å². The van der Waals surface area contributed by atoms with Gasteiger partial charge in [-0.25, -0.2) is 4.98 Å². The number of rotatable bonds is 5. The van der Waals surface area contributed by atoms with Gasteiger partial charge in [0.15, 0.2) is 5.13 Å². The number of aliphatic hydroxyl groups is 1. The molecule has 1 unspecified atom stereocenters. The van der Waals surface area contributed by atoms with E-state index in [1.54, 1.807) is 6.92 Å². The van der Waals surface area contributed by atoms with Crippen molar-refractivity contribution < 1.29 is 14.6 Å². The molecule has 1 aromatic rings. The second-order valence-corrected chi connectivity index (χ2v) is 6.41. The largest absolute Gasteiger partial charge is 0.465 e. The minimum atomic E-state index is -0.723. The quantitative estimate of drug-likeness (QED) is 0.787. The Bertz CT molecular complexity index is 489. The number of aromatic nitrogens is 1. The molecule has 1 aromatic heterocycles. The molecule has 0 saturated carbocycles. The lowest BCUT2D eigenvalue weighted by Crippen LogP contribution is -2.35. The smallest absolute Gasteiger partial charge is 0.323 e. The topological polar surface area (TPSA) is 88.7 Å². The number of anilines is 1. The number of esters is 1. The number of halogens is 1. The molecule has 1 saturated heterocycles. The Morgan fingerprint density at radius 2 is 2.29 bits per heavy atom. The van der Waals surface area contributed by atoms with Crippen LogP contribution in [0.4, 0.5) is 5.13 Å². The maximum atomic E-state index is 11.6. The van der Waals surface area contributed by atoms with Gasteiger partial charge in [0.2, 0.25) is 0 Å². The summed E-state index contributed by atoms with van der Waals surface area (Å²) in [6.45, 7) is 3.57. The van der Waals surface area contributed by atoms with Gasteiger partial charge in [-0.05, 0) is 19.8 Å². The molecule has 0 aliphatic carbocycles. The second kappa shape index (κ2) is 7.40. The molecule has 0 amide bonds. The first-order valence-corrected chi connectivity index (χ1v) is 8.21. The molecule has 118 valence electrons. The van der Waals surface area contributed by atoms with Gasteiger partial charge in [0.25, 0.3) is 0 Å². The zero-order valence-corrected chi connectivity index (χ0v) is 13.5. The van der Waals surface area contributed by atoms with Crippen molar-refractivity contribution in [3.8, 4) is 0 Å². The number of carbonyl (C=O) groups is 1. The Hall–Kier alpha value is -0.890. The summed E-state index contributed by atoms with van der Waals surface area (Å²) in [6.07, 6.45) is 1.56. The van der Waals surface area contributed by atoms with Gasteiger partial charge in [-0.1, -0.05) is 11.6 Å². The molecule has 1 atom stereocenters. The maximum absolute atomic E-state index is 11.6. The van der Waals surface area contributed by atoms with Gasteiger partial charge in [-0.2, -0.15) is 0 Å². The number of carbonyl (C=O) groups excluding carboxylic acids is 1. The van der Waals surface area contributed by atoms with Crippen LogP contribution in [0.1, 0.15) is 24.6 Å². The lowest BCUT2D eigenvalue weighted by atomic mass is 10.1. The van der Waals surface area contributed by atoms with E-state index in [-0.39, 0.29) is 6.10 Å². The van der Waals surface area contributed by atoms with Gasteiger partial charge in [-0.15, -0.1) is 11.3 Å². The lowest BCUT2D eigenvalue weighted by Gasteiger charge is -2.29. The molecule has 1 fully saturated rings. The van der Waals surface area contributed by atoms with Gasteiger partial charge in [-0.3, -0.25) is 4.79 Å². The molecule has 2 heterocycles. The van der Waals surface area contributed by atoms with Gasteiger partial charge in [0, 0.05) is 24.4 Å². The van der Waals surface area contributed by atoms with Crippen molar-refractivity contribution >= 4 is 34.0 Å². The molecule has 21 heavy (non-hydrogen) atoms. The molecule has 1 aliphatic rings. The van der Waals surface area contributed by atoms with Crippen LogP contribution in [0.15, 0.2) is 0 Å². The second-order valence-electron chi connectivity index (χ2n) is 4.99. The fourth-order valence-corrected chi connectivity index (χ4v) is 3.56. The summed E-state index contributed by atoms with van der Waals surface area (Å²) in [7, 11) is 0. The predicted molar refractivity (Wildman–Crippen MR) is 82.9 cm³/mol. The van der Waals surface area contributed by atoms with Gasteiger partial charge >= 0.3 is 5.97 Å². The van der Waals surface area contributed by atoms with Crippen molar-refractivity contribution in [2.45, 2.75) is 38.3 Å². The first-order valence-electron chi connectivity index (χ1n) is 7.01. The van der Waals surface area contributed by atoms with Gasteiger partial charge in [0.05, 0.1) is 12.7 Å². The zero-order chi connectivity index (χ0) is 15.4. The number of thiazole rings is 1. The Morgan fingerprint density at radius 3 is 2.90 bits per heavy atom. The minimum absolute atomic E-state index is 0.228. The van der Waals surface area contributed by atoms with E-state index in [4.69, 9.17) is 22.1 Å². The van der Waals surface area contributed by atoms with Crippen LogP contribution in [0.3, 0.4) is 0 Å². The fraction of sp³-hybridized carbons (Fsp3) is 0.692. The van der Waals surface area contributed by atoms with E-state index < -0.39 is 12.0 Å². The van der Waals surface area contributed by atoms with Crippen LogP contribution in [0.2, 0.25) is 5.15 Å². The normalized spacial score (nSPS) is 17.8. The van der Waals surface area contributed by atoms with E-state index >= 15 is 0 Å². The van der Waals surface area contributed by atoms with Gasteiger partial charge < -0.3 is 20.5 Å². The Morgan fingerprint density at radius 1 is 1.62 bits per heavy atom. The van der Waals surface area contributed by atoms with Crippen molar-refractivity contribution in [1.82, 2.24) is 4.98 Å². The molecule has 0 bridgehead atoms. The summed E-state index contributed by atoms with van der Waals surface area (Å²) in [5, 5.41) is 10.7. The highest BCUT2D eigenvalue weighted by Gasteiger charge is 2.23. The number of piperidine rings is 1. The van der Waals surface area contributed by atoms with Crippen molar-refractivity contribution in [2.75, 3.05) is 24.6 Å². The Kier molecular flexibility index (Phi) is 5.80. The third kappa shape index (κ3) is 4.29. The summed E-state index contributed by atoms with van der Waals surface area (Å²) >= 11 is 7.58. The highest BCUT2D eigenvalue weighted by Crippen LogP contribution is 2.32. The minimum Gasteiger partial charge on any atom is -0.465 e. The fourth-order valence-electron chi connectivity index (χ4n) is 2.17. The summed E-state index contributed by atoms with van der Waals surface area (Å²) in [4.78, 5) is 18.8. The van der Waals surface area contributed by atoms with Crippen LogP contribution in [0.5, 0.6) is 0 Å². The lowest BCUT2D eigenvalue weighted by molar-refractivity contribution is -0.144. The number of ether oxygens (including phenoxy) is 1. The maximum Gasteiger partial charge on any atom is 0.323 e. The SMILES string of the molecule is CCOC(=O)C(N)Cc1sc(N2CCC(O)CC2)nc1Cl. The highest BCUT2D eigenvalue weighted by atomic mass is 35.5. The summed E-state index contributed by atoms with van der Waals surface area (Å²) < 4.78 is 4.89. The first kappa shape index (κ1) is 16.5. The summed E-state index contributed by atoms with van der Waals surface area (Å²) in [6, 6.07) is -0.723. The first-order chi connectivity index (χ1) is 10.0. The van der Waals surface area contributed by atoms with Crippen LogP contribution >= 0.6 is 22.9 Å². The van der Waals surface area contributed by atoms with Crippen molar-refractivity contribution in [2.24, 2.45) is 5.73 Å². The molecule has 6 nitrogen and oxygen atoms in total. The number of hydrogen-bond donors (Lipinski definition) is 2. The summed E-state index contributed by atoms with van der Waals surface area (Å²) in [5.41, 5.74) is 5.81. The zero-order valence-electron chi connectivity index (χ0n) is 11.9. The number of aliphatic hydroxyl groups excluding tert-OH is 1. The van der Waals surface area contributed by atoms with E-state index in [9.17, 15) is 9.90 Å². The third-order valence-corrected chi connectivity index (χ3v) is 4.93. The molecule has 2 rings (SSSR count). The van der Waals surface area contributed by atoms with Crippen LogP contribution in [0.25, 0.3) is 0 Å². The molecular formula is C13H20ClN3O3S. The number of nitrogens with two attached hydrogens (primary N) is 1. The average Bonchev–Trinajstić information content (AvgIpc) is 2.81. The van der Waals surface area contributed by atoms with E-state index in [1.165, 1.54) is 11.3 Å². The van der Waals surface area contributed by atoms with E-state index in [0.717, 1.165) is 35.9 Å². The van der Waals surface area contributed by atoms with Crippen molar-refractivity contribution in [3.05, 3.63) is 10.0 Å². The highest BCUT2D eigenvalue weighted by molar-refractivity contribution is 7.16. The Balaban J connectivity index is 2.00. The monoisotopic (exact) mass is 333 g/mol. The van der Waals surface area contributed by atoms with E-state index in [1.807, 2.05) is 0 Å². The molecule has 0 radical (unpaired) electrons. The summed E-state index contributed by atoms with van der Waals surface area (Å²) in [5.74, 6) is -0.426. The third-order valence-electron chi connectivity index (χ3n) is 3.37. The molecule has 8 heteroatoms. The van der Waals surface area contributed by atoms with E-state index in [0.29, 0.717) is 18.2 Å². The Labute approximate surface area is 132 Å².